The molecule has 2 heteroatoms. The highest BCUT2D eigenvalue weighted by molar-refractivity contribution is 5.78. The van der Waals surface area contributed by atoms with Gasteiger partial charge in [0.1, 0.15) is 5.76 Å². The number of rotatable bonds is 3. The number of nitrogens with zero attached hydrogens (tertiary/aromatic N) is 1. The molecule has 74 valence electrons. The molecule has 0 bridgehead atoms. The predicted molar refractivity (Wildman–Crippen MR) is 58.7 cm³/mol. The molecule has 0 atom stereocenters. The summed E-state index contributed by atoms with van der Waals surface area (Å²) in [6, 6.07) is 3.90. The minimum absolute atomic E-state index is 0.878. The average Bonchev–Trinajstić information content (AvgIpc) is 2.19. The second-order valence-corrected chi connectivity index (χ2v) is 3.15. The Morgan fingerprint density at radius 2 is 1.86 bits per heavy atom. The molecule has 1 rings (SSSR count). The smallest absolute Gasteiger partial charge is 0.100 e. The minimum atomic E-state index is 0.878. The first-order chi connectivity index (χ1) is 6.66. The first-order valence-corrected chi connectivity index (χ1v) is 4.48. The Morgan fingerprint density at radius 3 is 2.29 bits per heavy atom. The summed E-state index contributed by atoms with van der Waals surface area (Å²) in [4.78, 5) is 3.98. The third-order valence-electron chi connectivity index (χ3n) is 2.05. The van der Waals surface area contributed by atoms with Crippen LogP contribution in [0.15, 0.2) is 42.4 Å². The zero-order chi connectivity index (χ0) is 10.6. The van der Waals surface area contributed by atoms with Gasteiger partial charge in [-0.15, -0.1) is 0 Å². The van der Waals surface area contributed by atoms with Gasteiger partial charge in [0, 0.05) is 18.0 Å². The van der Waals surface area contributed by atoms with Gasteiger partial charge in [-0.2, -0.15) is 0 Å². The number of allylic oxidation sites excluding steroid dienone is 3. The second-order valence-electron chi connectivity index (χ2n) is 3.15. The van der Waals surface area contributed by atoms with E-state index in [-0.39, 0.29) is 0 Å². The normalized spacial score (nSPS) is 11.9. The molecule has 2 nitrogen and oxygen atoms in total. The zero-order valence-electron chi connectivity index (χ0n) is 8.87. The third-order valence-corrected chi connectivity index (χ3v) is 2.05. The molecule has 0 N–H and O–H groups in total. The van der Waals surface area contributed by atoms with E-state index in [0.29, 0.717) is 0 Å². The highest BCUT2D eigenvalue weighted by Crippen LogP contribution is 2.24. The van der Waals surface area contributed by atoms with E-state index in [9.17, 15) is 0 Å². The quantitative estimate of drug-likeness (QED) is 0.538. The summed E-state index contributed by atoms with van der Waals surface area (Å²) in [5.74, 6) is 0.878. The lowest BCUT2D eigenvalue weighted by atomic mass is 10.0. The summed E-state index contributed by atoms with van der Waals surface area (Å²) in [7, 11) is 1.67. The Labute approximate surface area is 84.9 Å². The van der Waals surface area contributed by atoms with E-state index in [2.05, 4.69) is 11.6 Å². The van der Waals surface area contributed by atoms with E-state index in [1.165, 1.54) is 0 Å². The third kappa shape index (κ3) is 2.22. The molecule has 0 aliphatic heterocycles. The van der Waals surface area contributed by atoms with Crippen LogP contribution < -0.4 is 0 Å². The molecule has 1 aromatic rings. The number of aromatic nitrogens is 1. The monoisotopic (exact) mass is 189 g/mol. The van der Waals surface area contributed by atoms with Gasteiger partial charge in [0.05, 0.1) is 7.11 Å². The maximum absolute atomic E-state index is 5.23. The average molecular weight is 189 g/mol. The van der Waals surface area contributed by atoms with Crippen LogP contribution >= 0.6 is 0 Å². The highest BCUT2D eigenvalue weighted by atomic mass is 16.5. The van der Waals surface area contributed by atoms with Crippen molar-refractivity contribution >= 4 is 5.57 Å². The van der Waals surface area contributed by atoms with Crippen LogP contribution in [-0.2, 0) is 4.74 Å². The van der Waals surface area contributed by atoms with Gasteiger partial charge >= 0.3 is 0 Å². The van der Waals surface area contributed by atoms with Gasteiger partial charge in [-0.05, 0) is 37.1 Å². The predicted octanol–water partition coefficient (Wildman–Crippen LogP) is 3.04. The topological polar surface area (TPSA) is 22.1 Å². The van der Waals surface area contributed by atoms with Gasteiger partial charge in [0.2, 0.25) is 0 Å². The van der Waals surface area contributed by atoms with Crippen molar-refractivity contribution in [2.24, 2.45) is 0 Å². The number of ether oxygens (including phenoxy) is 1. The van der Waals surface area contributed by atoms with Crippen molar-refractivity contribution in [3.8, 4) is 0 Å². The van der Waals surface area contributed by atoms with Crippen molar-refractivity contribution in [3.05, 3.63) is 48.0 Å². The molecule has 0 aliphatic rings. The fraction of sp³-hybridized carbons (Fsp3) is 0.250. The molecular weight excluding hydrogens is 174 g/mol. The Morgan fingerprint density at radius 1 is 1.29 bits per heavy atom. The summed E-state index contributed by atoms with van der Waals surface area (Å²) in [5, 5.41) is 0. The lowest BCUT2D eigenvalue weighted by Crippen LogP contribution is -1.92. The van der Waals surface area contributed by atoms with Crippen LogP contribution in [-0.4, -0.2) is 12.1 Å². The van der Waals surface area contributed by atoms with Crippen LogP contribution in [0.2, 0.25) is 0 Å². The lowest BCUT2D eigenvalue weighted by Gasteiger charge is -2.11. The van der Waals surface area contributed by atoms with Gasteiger partial charge in [-0.1, -0.05) is 6.58 Å². The molecule has 0 saturated heterocycles. The fourth-order valence-corrected chi connectivity index (χ4v) is 1.37. The van der Waals surface area contributed by atoms with Crippen molar-refractivity contribution in [2.75, 3.05) is 7.11 Å². The van der Waals surface area contributed by atoms with Crippen molar-refractivity contribution in [2.45, 2.75) is 13.8 Å². The van der Waals surface area contributed by atoms with E-state index >= 15 is 0 Å². The van der Waals surface area contributed by atoms with Crippen molar-refractivity contribution < 1.29 is 4.74 Å². The van der Waals surface area contributed by atoms with E-state index < -0.39 is 0 Å². The molecule has 0 spiro atoms. The molecule has 0 radical (unpaired) electrons. The molecule has 1 heterocycles. The van der Waals surface area contributed by atoms with Crippen LogP contribution in [0.25, 0.3) is 5.57 Å². The molecule has 0 aromatic carbocycles. The summed E-state index contributed by atoms with van der Waals surface area (Å²) < 4.78 is 5.23. The molecule has 0 fully saturated rings. The molecule has 14 heavy (non-hydrogen) atoms. The number of hydrogen-bond acceptors (Lipinski definition) is 2. The molecule has 0 saturated carbocycles. The number of methoxy groups -OCH3 is 1. The van der Waals surface area contributed by atoms with Crippen LogP contribution in [0.3, 0.4) is 0 Å². The Hall–Kier alpha value is -1.57. The first kappa shape index (κ1) is 10.5. The maximum Gasteiger partial charge on any atom is 0.100 e. The van der Waals surface area contributed by atoms with Crippen molar-refractivity contribution in [1.82, 2.24) is 4.98 Å². The van der Waals surface area contributed by atoms with Crippen LogP contribution in [0, 0.1) is 0 Å². The molecule has 0 amide bonds. The second kappa shape index (κ2) is 4.61. The van der Waals surface area contributed by atoms with E-state index in [0.717, 1.165) is 22.5 Å². The standard InChI is InChI=1S/C12H15NO/c1-9(2)12(10(3)14-4)11-5-7-13-8-6-11/h5-8H,1H2,2-4H3/b12-10+. The highest BCUT2D eigenvalue weighted by Gasteiger charge is 2.06. The summed E-state index contributed by atoms with van der Waals surface area (Å²) in [6.07, 6.45) is 3.53. The maximum atomic E-state index is 5.23. The lowest BCUT2D eigenvalue weighted by molar-refractivity contribution is 0.296. The number of hydrogen-bond donors (Lipinski definition) is 0. The van der Waals surface area contributed by atoms with Crippen LogP contribution in [0.1, 0.15) is 19.4 Å². The van der Waals surface area contributed by atoms with Crippen molar-refractivity contribution in [1.29, 1.82) is 0 Å². The zero-order valence-corrected chi connectivity index (χ0v) is 8.87. The van der Waals surface area contributed by atoms with Crippen LogP contribution in [0.5, 0.6) is 0 Å². The van der Waals surface area contributed by atoms with Gasteiger partial charge in [0.25, 0.3) is 0 Å². The SMILES string of the molecule is C=C(C)/C(=C(/C)OC)c1ccncc1. The van der Waals surface area contributed by atoms with E-state index in [1.807, 2.05) is 26.0 Å². The summed E-state index contributed by atoms with van der Waals surface area (Å²) >= 11 is 0. The summed E-state index contributed by atoms with van der Waals surface area (Å²) in [6.45, 7) is 7.85. The van der Waals surface area contributed by atoms with E-state index in [1.54, 1.807) is 19.5 Å². The van der Waals surface area contributed by atoms with Crippen LogP contribution in [0.4, 0.5) is 0 Å². The van der Waals surface area contributed by atoms with E-state index in [4.69, 9.17) is 4.74 Å². The Balaban J connectivity index is 3.21. The van der Waals surface area contributed by atoms with Gasteiger partial charge in [0.15, 0.2) is 0 Å². The number of pyridine rings is 1. The fourth-order valence-electron chi connectivity index (χ4n) is 1.37. The molecule has 0 aliphatic carbocycles. The Kier molecular flexibility index (Phi) is 3.46. The summed E-state index contributed by atoms with van der Waals surface area (Å²) in [5.41, 5.74) is 3.14. The largest absolute Gasteiger partial charge is 0.501 e. The molecule has 0 unspecified atom stereocenters. The minimum Gasteiger partial charge on any atom is -0.501 e. The van der Waals surface area contributed by atoms with Gasteiger partial charge in [-0.3, -0.25) is 4.98 Å². The Bertz CT molecular complexity index is 352. The molecular formula is C12H15NO. The molecule has 1 aromatic heterocycles. The van der Waals surface area contributed by atoms with Gasteiger partial charge < -0.3 is 4.74 Å². The van der Waals surface area contributed by atoms with Crippen molar-refractivity contribution in [3.63, 3.8) is 0 Å². The first-order valence-electron chi connectivity index (χ1n) is 4.48. The van der Waals surface area contributed by atoms with Gasteiger partial charge in [-0.25, -0.2) is 0 Å².